The molecule has 0 spiro atoms. The first-order valence-electron chi connectivity index (χ1n) is 6.06. The van der Waals surface area contributed by atoms with Crippen molar-refractivity contribution in [1.82, 2.24) is 4.90 Å². The number of carbonyl (C=O) groups is 1. The molecule has 0 unspecified atom stereocenters. The maximum Gasteiger partial charge on any atom is 0.322 e. The van der Waals surface area contributed by atoms with E-state index < -0.39 is 0 Å². The van der Waals surface area contributed by atoms with Crippen LogP contribution in [0.5, 0.6) is 0 Å². The van der Waals surface area contributed by atoms with Gasteiger partial charge in [-0.2, -0.15) is 0 Å². The van der Waals surface area contributed by atoms with Crippen LogP contribution in [-0.2, 0) is 0 Å². The summed E-state index contributed by atoms with van der Waals surface area (Å²) >= 11 is 0. The van der Waals surface area contributed by atoms with Crippen molar-refractivity contribution in [3.05, 3.63) is 29.6 Å². The molecular formula is C13H17FN2O2. The molecule has 2 amide bonds. The molecule has 1 aromatic rings. The fraction of sp³-hybridized carbons (Fsp3) is 0.462. The molecule has 1 saturated heterocycles. The number of hydrogen-bond acceptors (Lipinski definition) is 2. The summed E-state index contributed by atoms with van der Waals surface area (Å²) in [6.07, 6.45) is 1.73. The van der Waals surface area contributed by atoms with E-state index in [1.807, 2.05) is 0 Å². The number of rotatable bonds is 2. The van der Waals surface area contributed by atoms with Gasteiger partial charge in [0.2, 0.25) is 0 Å². The maximum atomic E-state index is 13.1. The van der Waals surface area contributed by atoms with E-state index in [-0.39, 0.29) is 24.5 Å². The zero-order chi connectivity index (χ0) is 13.1. The van der Waals surface area contributed by atoms with Gasteiger partial charge in [0.1, 0.15) is 5.82 Å². The van der Waals surface area contributed by atoms with E-state index in [9.17, 15) is 9.18 Å². The molecule has 0 radical (unpaired) electrons. The second-order valence-corrected chi connectivity index (χ2v) is 4.57. The number of halogens is 1. The summed E-state index contributed by atoms with van der Waals surface area (Å²) in [6.45, 7) is 2.28. The Kier molecular flexibility index (Phi) is 3.81. The fourth-order valence-electron chi connectivity index (χ4n) is 2.21. The normalized spacial score (nSPS) is 19.1. The molecule has 1 heterocycles. The lowest BCUT2D eigenvalue weighted by atomic mass is 10.2. The van der Waals surface area contributed by atoms with E-state index >= 15 is 0 Å². The van der Waals surface area contributed by atoms with Gasteiger partial charge in [-0.05, 0) is 43.5 Å². The van der Waals surface area contributed by atoms with E-state index in [0.29, 0.717) is 17.8 Å². The Hall–Kier alpha value is -1.62. The number of benzene rings is 1. The van der Waals surface area contributed by atoms with Crippen molar-refractivity contribution in [2.75, 3.05) is 18.5 Å². The van der Waals surface area contributed by atoms with Gasteiger partial charge < -0.3 is 15.3 Å². The van der Waals surface area contributed by atoms with Gasteiger partial charge in [0, 0.05) is 12.2 Å². The summed E-state index contributed by atoms with van der Waals surface area (Å²) in [4.78, 5) is 13.6. The summed E-state index contributed by atoms with van der Waals surface area (Å²) in [6, 6.07) is 4.11. The third-order valence-electron chi connectivity index (χ3n) is 3.26. The van der Waals surface area contributed by atoms with Crippen molar-refractivity contribution >= 4 is 11.7 Å². The Morgan fingerprint density at radius 3 is 3.06 bits per heavy atom. The number of aryl methyl sites for hydroxylation is 1. The van der Waals surface area contributed by atoms with E-state index in [2.05, 4.69) is 5.32 Å². The molecule has 0 aliphatic carbocycles. The van der Waals surface area contributed by atoms with Crippen LogP contribution in [0.1, 0.15) is 18.4 Å². The number of anilines is 1. The highest BCUT2D eigenvalue weighted by Crippen LogP contribution is 2.19. The number of carbonyl (C=O) groups excluding carboxylic acids is 1. The van der Waals surface area contributed by atoms with Crippen LogP contribution in [0.25, 0.3) is 0 Å². The lowest BCUT2D eigenvalue weighted by molar-refractivity contribution is 0.166. The molecule has 1 atom stereocenters. The van der Waals surface area contributed by atoms with E-state index in [1.165, 1.54) is 12.1 Å². The van der Waals surface area contributed by atoms with Gasteiger partial charge in [0.15, 0.2) is 0 Å². The van der Waals surface area contributed by atoms with Gasteiger partial charge in [-0.25, -0.2) is 9.18 Å². The molecule has 1 aromatic carbocycles. The highest BCUT2D eigenvalue weighted by Gasteiger charge is 2.27. The molecule has 1 aliphatic heterocycles. The summed E-state index contributed by atoms with van der Waals surface area (Å²) in [5, 5.41) is 11.9. The number of hydrogen-bond donors (Lipinski definition) is 2. The molecule has 0 bridgehead atoms. The van der Waals surface area contributed by atoms with Crippen LogP contribution in [0.3, 0.4) is 0 Å². The van der Waals surface area contributed by atoms with Crippen molar-refractivity contribution in [3.63, 3.8) is 0 Å². The first-order chi connectivity index (χ1) is 8.61. The largest absolute Gasteiger partial charge is 0.394 e. The quantitative estimate of drug-likeness (QED) is 0.847. The molecule has 2 N–H and O–H groups in total. The first kappa shape index (κ1) is 12.8. The van der Waals surface area contributed by atoms with Gasteiger partial charge in [-0.3, -0.25) is 0 Å². The predicted octanol–water partition coefficient (Wildman–Crippen LogP) is 2.12. The standard InChI is InChI=1S/C13H17FN2O2/c1-9-7-10(4-5-12(9)14)15-13(18)16-6-2-3-11(16)8-17/h4-5,7,11,17H,2-3,6,8H2,1H3,(H,15,18)/t11-/m0/s1. The van der Waals surface area contributed by atoms with Crippen LogP contribution in [0.2, 0.25) is 0 Å². The highest BCUT2D eigenvalue weighted by atomic mass is 19.1. The Labute approximate surface area is 105 Å². The lowest BCUT2D eigenvalue weighted by Gasteiger charge is -2.23. The summed E-state index contributed by atoms with van der Waals surface area (Å²) in [7, 11) is 0. The van der Waals surface area contributed by atoms with Crippen molar-refractivity contribution in [3.8, 4) is 0 Å². The first-order valence-corrected chi connectivity index (χ1v) is 6.06. The minimum absolute atomic E-state index is 0.0180. The number of likely N-dealkylation sites (tertiary alicyclic amines) is 1. The number of nitrogens with one attached hydrogen (secondary N) is 1. The monoisotopic (exact) mass is 252 g/mol. The van der Waals surface area contributed by atoms with Crippen LogP contribution in [0.4, 0.5) is 14.9 Å². The molecule has 1 fully saturated rings. The van der Waals surface area contributed by atoms with Crippen molar-refractivity contribution in [2.24, 2.45) is 0 Å². The van der Waals surface area contributed by atoms with Crippen molar-refractivity contribution in [1.29, 1.82) is 0 Å². The molecular weight excluding hydrogens is 235 g/mol. The number of aliphatic hydroxyl groups is 1. The van der Waals surface area contributed by atoms with Crippen molar-refractivity contribution in [2.45, 2.75) is 25.8 Å². The topological polar surface area (TPSA) is 52.6 Å². The zero-order valence-electron chi connectivity index (χ0n) is 10.3. The van der Waals surface area contributed by atoms with Crippen molar-refractivity contribution < 1.29 is 14.3 Å². The molecule has 0 saturated carbocycles. The summed E-state index contributed by atoms with van der Waals surface area (Å²) in [5.41, 5.74) is 1.07. The predicted molar refractivity (Wildman–Crippen MR) is 67.0 cm³/mol. The minimum Gasteiger partial charge on any atom is -0.394 e. The number of nitrogens with zero attached hydrogens (tertiary/aromatic N) is 1. The molecule has 4 nitrogen and oxygen atoms in total. The van der Waals surface area contributed by atoms with Gasteiger partial charge in [-0.1, -0.05) is 0 Å². The van der Waals surface area contributed by atoms with Crippen LogP contribution in [0.15, 0.2) is 18.2 Å². The van der Waals surface area contributed by atoms with Crippen LogP contribution >= 0.6 is 0 Å². The smallest absolute Gasteiger partial charge is 0.322 e. The molecule has 18 heavy (non-hydrogen) atoms. The van der Waals surface area contributed by atoms with E-state index in [1.54, 1.807) is 17.9 Å². The van der Waals surface area contributed by atoms with Crippen LogP contribution < -0.4 is 5.32 Å². The SMILES string of the molecule is Cc1cc(NC(=O)N2CCC[C@H]2CO)ccc1F. The van der Waals surface area contributed by atoms with Gasteiger partial charge in [-0.15, -0.1) is 0 Å². The molecule has 2 rings (SSSR count). The third kappa shape index (κ3) is 2.61. The Bertz CT molecular complexity index is 451. The average molecular weight is 252 g/mol. The Morgan fingerprint density at radius 1 is 1.61 bits per heavy atom. The number of aliphatic hydroxyl groups excluding tert-OH is 1. The third-order valence-corrected chi connectivity index (χ3v) is 3.26. The highest BCUT2D eigenvalue weighted by molar-refractivity contribution is 5.89. The van der Waals surface area contributed by atoms with Gasteiger partial charge in [0.05, 0.1) is 12.6 Å². The van der Waals surface area contributed by atoms with Gasteiger partial charge >= 0.3 is 6.03 Å². The van der Waals surface area contributed by atoms with Crippen LogP contribution in [-0.4, -0.2) is 35.2 Å². The van der Waals surface area contributed by atoms with Crippen LogP contribution in [0, 0.1) is 12.7 Å². The lowest BCUT2D eigenvalue weighted by Crippen LogP contribution is -2.40. The number of urea groups is 1. The van der Waals surface area contributed by atoms with Gasteiger partial charge in [0.25, 0.3) is 0 Å². The summed E-state index contributed by atoms with van der Waals surface area (Å²) < 4.78 is 13.1. The second-order valence-electron chi connectivity index (χ2n) is 4.57. The number of amides is 2. The summed E-state index contributed by atoms with van der Waals surface area (Å²) in [5.74, 6) is -0.289. The minimum atomic E-state index is -0.289. The second kappa shape index (κ2) is 5.35. The zero-order valence-corrected chi connectivity index (χ0v) is 10.3. The van der Waals surface area contributed by atoms with E-state index in [0.717, 1.165) is 12.8 Å². The fourth-order valence-corrected chi connectivity index (χ4v) is 2.21. The molecule has 98 valence electrons. The Morgan fingerprint density at radius 2 is 2.39 bits per heavy atom. The average Bonchev–Trinajstić information content (AvgIpc) is 2.82. The molecule has 5 heteroatoms. The molecule has 0 aromatic heterocycles. The Balaban J connectivity index is 2.04. The van der Waals surface area contributed by atoms with E-state index in [4.69, 9.17) is 5.11 Å². The maximum absolute atomic E-state index is 13.1. The molecule has 1 aliphatic rings.